The fourth-order valence-electron chi connectivity index (χ4n) is 8.60. The molecule has 0 amide bonds. The minimum atomic E-state index is 1.19. The average Bonchev–Trinajstić information content (AvgIpc) is 3.23. The molecule has 1 aliphatic carbocycles. The summed E-state index contributed by atoms with van der Waals surface area (Å²) >= 11 is 0. The van der Waals surface area contributed by atoms with E-state index in [4.69, 9.17) is 0 Å². The molecule has 0 radical (unpaired) electrons. The van der Waals surface area contributed by atoms with Crippen molar-refractivity contribution >= 4 is 32.3 Å². The molecule has 0 aliphatic heterocycles. The normalized spacial score (nSPS) is 12.7. The van der Waals surface area contributed by atoms with Crippen LogP contribution >= 0.6 is 0 Å². The van der Waals surface area contributed by atoms with Crippen LogP contribution in [0.4, 0.5) is 0 Å². The smallest absolute Gasteiger partial charge is 0.00926 e. The van der Waals surface area contributed by atoms with Gasteiger partial charge in [0.05, 0.1) is 0 Å². The molecule has 10 rings (SSSR count). The summed E-state index contributed by atoms with van der Waals surface area (Å²) in [5.74, 6) is 0. The highest BCUT2D eigenvalue weighted by atomic mass is 14.2. The fourth-order valence-corrected chi connectivity index (χ4v) is 8.60. The summed E-state index contributed by atoms with van der Waals surface area (Å²) in [7, 11) is 0. The molecule has 246 valence electrons. The van der Waals surface area contributed by atoms with Crippen molar-refractivity contribution in [2.24, 2.45) is 0 Å². The van der Waals surface area contributed by atoms with Crippen LogP contribution < -0.4 is 0 Å². The van der Waals surface area contributed by atoms with Crippen LogP contribution in [0.25, 0.3) is 88.0 Å². The number of rotatable bonds is 5. The quantitative estimate of drug-likeness (QED) is 0.161. The molecule has 1 aliphatic rings. The van der Waals surface area contributed by atoms with Crippen LogP contribution in [0.3, 0.4) is 0 Å². The molecule has 0 saturated carbocycles. The Morgan fingerprint density at radius 1 is 0.250 bits per heavy atom. The maximum absolute atomic E-state index is 2.40. The van der Waals surface area contributed by atoms with E-state index >= 15 is 0 Å². The number of benzene rings is 9. The standard InChI is InChI=1S/C52H38/c1-2-11-35(12-3-1)43-27-29-49-47-20-6-7-21-48(47)50-30-28-44(34-52(50)51(49)33-43)42-18-9-17-41(32-42)40-16-8-15-39(31-40)36-23-25-38(26-24-36)46-22-10-14-37-13-4-5-19-45(37)46/h1-3,6-12,14-18,20-34H,4-5,13,19H2. The van der Waals surface area contributed by atoms with Crippen LogP contribution in [0.2, 0.25) is 0 Å². The zero-order chi connectivity index (χ0) is 34.4. The molecule has 9 aromatic carbocycles. The van der Waals surface area contributed by atoms with Gasteiger partial charge in [0.15, 0.2) is 0 Å². The number of hydrogen-bond donors (Lipinski definition) is 0. The van der Waals surface area contributed by atoms with Crippen LogP contribution in [0.15, 0.2) is 182 Å². The largest absolute Gasteiger partial charge is 0.0622 e. The molecule has 0 nitrogen and oxygen atoms in total. The van der Waals surface area contributed by atoms with Gasteiger partial charge in [-0.05, 0) is 149 Å². The summed E-state index contributed by atoms with van der Waals surface area (Å²) in [4.78, 5) is 0. The average molecular weight is 663 g/mol. The second-order valence-electron chi connectivity index (χ2n) is 14.3. The first kappa shape index (κ1) is 30.6. The Balaban J connectivity index is 1.02. The second-order valence-corrected chi connectivity index (χ2v) is 14.3. The molecule has 0 heteroatoms. The van der Waals surface area contributed by atoms with Gasteiger partial charge in [-0.2, -0.15) is 0 Å². The molecule has 0 atom stereocenters. The van der Waals surface area contributed by atoms with Gasteiger partial charge in [0, 0.05) is 0 Å². The molecule has 52 heavy (non-hydrogen) atoms. The van der Waals surface area contributed by atoms with Crippen molar-refractivity contribution in [3.63, 3.8) is 0 Å². The third-order valence-corrected chi connectivity index (χ3v) is 11.3. The maximum Gasteiger partial charge on any atom is -0.00926 e. The molecule has 0 N–H and O–H groups in total. The summed E-state index contributed by atoms with van der Waals surface area (Å²) in [5, 5.41) is 7.76. The summed E-state index contributed by atoms with van der Waals surface area (Å²) in [6.07, 6.45) is 5.00. The van der Waals surface area contributed by atoms with Crippen molar-refractivity contribution < 1.29 is 0 Å². The lowest BCUT2D eigenvalue weighted by atomic mass is 9.85. The predicted molar refractivity (Wildman–Crippen MR) is 223 cm³/mol. The lowest BCUT2D eigenvalue weighted by Gasteiger charge is -2.19. The van der Waals surface area contributed by atoms with Crippen molar-refractivity contribution in [3.05, 3.63) is 193 Å². The van der Waals surface area contributed by atoms with E-state index in [0.717, 1.165) is 0 Å². The number of fused-ring (bicyclic) bond motifs is 7. The van der Waals surface area contributed by atoms with Crippen LogP contribution in [-0.4, -0.2) is 0 Å². The Labute approximate surface area is 305 Å². The highest BCUT2D eigenvalue weighted by molar-refractivity contribution is 6.26. The topological polar surface area (TPSA) is 0 Å². The summed E-state index contributed by atoms with van der Waals surface area (Å²) in [6.45, 7) is 0. The SMILES string of the molecule is c1ccc(-c2ccc3c4ccccc4c4ccc(-c5cccc(-c6cccc(-c7ccc(-c8cccc9c8CCCC9)cc7)c6)c5)cc4c3c2)cc1. The lowest BCUT2D eigenvalue weighted by molar-refractivity contribution is 0.687. The molecular weight excluding hydrogens is 625 g/mol. The van der Waals surface area contributed by atoms with Crippen molar-refractivity contribution in [2.45, 2.75) is 25.7 Å². The molecule has 0 heterocycles. The number of aryl methyl sites for hydroxylation is 1. The van der Waals surface area contributed by atoms with Crippen molar-refractivity contribution in [1.29, 1.82) is 0 Å². The van der Waals surface area contributed by atoms with E-state index in [2.05, 4.69) is 182 Å². The van der Waals surface area contributed by atoms with Gasteiger partial charge in [-0.3, -0.25) is 0 Å². The monoisotopic (exact) mass is 662 g/mol. The minimum absolute atomic E-state index is 1.19. The first-order valence-corrected chi connectivity index (χ1v) is 18.6. The Bertz CT molecular complexity index is 2770. The molecular formula is C52H38. The lowest BCUT2D eigenvalue weighted by Crippen LogP contribution is -2.04. The Hall–Kier alpha value is -6.24. The van der Waals surface area contributed by atoms with E-state index in [1.54, 1.807) is 5.56 Å². The van der Waals surface area contributed by atoms with Crippen molar-refractivity contribution in [1.82, 2.24) is 0 Å². The van der Waals surface area contributed by atoms with Gasteiger partial charge in [-0.15, -0.1) is 0 Å². The summed E-state index contributed by atoms with van der Waals surface area (Å²) in [6, 6.07) is 67.6. The van der Waals surface area contributed by atoms with Gasteiger partial charge < -0.3 is 0 Å². The zero-order valence-corrected chi connectivity index (χ0v) is 29.1. The molecule has 0 saturated heterocycles. The molecule has 0 aromatic heterocycles. The first-order chi connectivity index (χ1) is 25.8. The van der Waals surface area contributed by atoms with E-state index in [-0.39, 0.29) is 0 Å². The third kappa shape index (κ3) is 5.40. The second kappa shape index (κ2) is 12.8. The van der Waals surface area contributed by atoms with Gasteiger partial charge in [-0.25, -0.2) is 0 Å². The highest BCUT2D eigenvalue weighted by Gasteiger charge is 2.15. The Kier molecular flexibility index (Phi) is 7.54. The third-order valence-electron chi connectivity index (χ3n) is 11.3. The Morgan fingerprint density at radius 2 is 0.673 bits per heavy atom. The van der Waals surface area contributed by atoms with Crippen LogP contribution in [0.1, 0.15) is 24.0 Å². The van der Waals surface area contributed by atoms with E-state index in [1.807, 2.05) is 0 Å². The van der Waals surface area contributed by atoms with E-state index < -0.39 is 0 Å². The summed E-state index contributed by atoms with van der Waals surface area (Å²) in [5.41, 5.74) is 15.7. The Morgan fingerprint density at radius 3 is 1.31 bits per heavy atom. The van der Waals surface area contributed by atoms with Gasteiger partial charge in [0.2, 0.25) is 0 Å². The molecule has 0 bridgehead atoms. The first-order valence-electron chi connectivity index (χ1n) is 18.6. The van der Waals surface area contributed by atoms with Crippen molar-refractivity contribution in [3.8, 4) is 55.6 Å². The molecule has 0 fully saturated rings. The zero-order valence-electron chi connectivity index (χ0n) is 29.1. The van der Waals surface area contributed by atoms with Gasteiger partial charge in [0.1, 0.15) is 0 Å². The van der Waals surface area contributed by atoms with Crippen LogP contribution in [-0.2, 0) is 12.8 Å². The maximum atomic E-state index is 2.40. The van der Waals surface area contributed by atoms with E-state index in [0.29, 0.717) is 0 Å². The molecule has 0 spiro atoms. The molecule has 9 aromatic rings. The molecule has 0 unspecified atom stereocenters. The van der Waals surface area contributed by atoms with Gasteiger partial charge in [0.25, 0.3) is 0 Å². The van der Waals surface area contributed by atoms with Gasteiger partial charge in [-0.1, -0.05) is 158 Å². The summed E-state index contributed by atoms with van der Waals surface area (Å²) < 4.78 is 0. The minimum Gasteiger partial charge on any atom is -0.0622 e. The number of hydrogen-bond acceptors (Lipinski definition) is 0. The van der Waals surface area contributed by atoms with Crippen LogP contribution in [0.5, 0.6) is 0 Å². The predicted octanol–water partition coefficient (Wildman–Crippen LogP) is 14.4. The highest BCUT2D eigenvalue weighted by Crippen LogP contribution is 2.40. The van der Waals surface area contributed by atoms with E-state index in [9.17, 15) is 0 Å². The van der Waals surface area contributed by atoms with Crippen LogP contribution in [0, 0.1) is 0 Å². The van der Waals surface area contributed by atoms with Crippen molar-refractivity contribution in [2.75, 3.05) is 0 Å². The van der Waals surface area contributed by atoms with E-state index in [1.165, 1.54) is 119 Å². The van der Waals surface area contributed by atoms with Gasteiger partial charge >= 0.3 is 0 Å². The fraction of sp³-hybridized carbons (Fsp3) is 0.0769.